The first-order chi connectivity index (χ1) is 12.8. The molecule has 0 unspecified atom stereocenters. The van der Waals surface area contributed by atoms with Gasteiger partial charge in [0, 0.05) is 52.5 Å². The monoisotopic (exact) mass is 400 g/mol. The highest BCUT2D eigenvalue weighted by Gasteiger charge is 2.29. The predicted molar refractivity (Wildman–Crippen MR) is 100 cm³/mol. The van der Waals surface area contributed by atoms with E-state index in [9.17, 15) is 18.0 Å². The number of carbonyl (C=O) groups is 2. The maximum atomic E-state index is 12.8. The van der Waals surface area contributed by atoms with E-state index in [1.807, 2.05) is 0 Å². The number of aromatic nitrogens is 1. The van der Waals surface area contributed by atoms with E-state index in [0.717, 1.165) is 0 Å². The van der Waals surface area contributed by atoms with Crippen LogP contribution in [0.15, 0.2) is 17.2 Å². The molecule has 10 heteroatoms. The molecule has 1 aromatic heterocycles. The Labute approximate surface area is 160 Å². The van der Waals surface area contributed by atoms with E-state index >= 15 is 0 Å². The van der Waals surface area contributed by atoms with Crippen LogP contribution in [0.4, 0.5) is 4.79 Å². The summed E-state index contributed by atoms with van der Waals surface area (Å²) in [4.78, 5) is 27.9. The highest BCUT2D eigenvalue weighted by molar-refractivity contribution is 7.89. The zero-order chi connectivity index (χ0) is 20.2. The molecule has 2 rings (SSSR count). The number of rotatable bonds is 6. The number of piperazine rings is 1. The van der Waals surface area contributed by atoms with Crippen LogP contribution in [0.5, 0.6) is 0 Å². The lowest BCUT2D eigenvalue weighted by molar-refractivity contribution is 0.0563. The Balaban J connectivity index is 2.13. The van der Waals surface area contributed by atoms with Crippen LogP contribution in [-0.2, 0) is 21.8 Å². The summed E-state index contributed by atoms with van der Waals surface area (Å²) in [5, 5.41) is 0. The van der Waals surface area contributed by atoms with Gasteiger partial charge in [0.05, 0.1) is 6.61 Å². The van der Waals surface area contributed by atoms with Gasteiger partial charge in [-0.3, -0.25) is 4.79 Å². The topological polar surface area (TPSA) is 92.2 Å². The summed E-state index contributed by atoms with van der Waals surface area (Å²) in [6.45, 7) is 7.88. The van der Waals surface area contributed by atoms with Crippen molar-refractivity contribution in [3.05, 3.63) is 18.0 Å². The summed E-state index contributed by atoms with van der Waals surface area (Å²) in [5.74, 6) is -0.248. The van der Waals surface area contributed by atoms with Crippen molar-refractivity contribution in [3.8, 4) is 0 Å². The second-order valence-corrected chi connectivity index (χ2v) is 8.18. The first-order valence-electron chi connectivity index (χ1n) is 9.13. The van der Waals surface area contributed by atoms with Gasteiger partial charge in [-0.05, 0) is 13.0 Å². The maximum Gasteiger partial charge on any atom is 0.409 e. The molecule has 1 saturated heterocycles. The Bertz CT molecular complexity index is 777. The van der Waals surface area contributed by atoms with Crippen molar-refractivity contribution in [2.45, 2.75) is 25.7 Å². The largest absolute Gasteiger partial charge is 0.450 e. The molecule has 27 heavy (non-hydrogen) atoms. The molecular weight excluding hydrogens is 372 g/mol. The van der Waals surface area contributed by atoms with Gasteiger partial charge in [-0.15, -0.1) is 0 Å². The van der Waals surface area contributed by atoms with Gasteiger partial charge in [0.2, 0.25) is 10.0 Å². The van der Waals surface area contributed by atoms with Gasteiger partial charge >= 0.3 is 6.09 Å². The molecule has 2 heterocycles. The SMILES string of the molecule is CCOC(=O)N1CCN(C(=O)c2cc(S(=O)(=O)N(CC)CC)cn2C)CC1. The standard InChI is InChI=1S/C17H28N4O5S/c1-5-21(6-2)27(24,25)14-12-15(18(4)13-14)16(22)19-8-10-20(11-9-19)17(23)26-7-3/h12-13H,5-11H2,1-4H3. The van der Waals surface area contributed by atoms with Crippen molar-refractivity contribution >= 4 is 22.0 Å². The maximum absolute atomic E-state index is 12.8. The van der Waals surface area contributed by atoms with Crippen LogP contribution in [0.1, 0.15) is 31.3 Å². The zero-order valence-corrected chi connectivity index (χ0v) is 17.2. The van der Waals surface area contributed by atoms with Gasteiger partial charge in [-0.1, -0.05) is 13.8 Å². The number of amides is 2. The van der Waals surface area contributed by atoms with Crippen LogP contribution < -0.4 is 0 Å². The Hall–Kier alpha value is -2.07. The molecule has 152 valence electrons. The number of aryl methyl sites for hydroxylation is 1. The van der Waals surface area contributed by atoms with Gasteiger partial charge in [0.25, 0.3) is 5.91 Å². The molecule has 0 atom stereocenters. The van der Waals surface area contributed by atoms with Crippen molar-refractivity contribution in [2.75, 3.05) is 45.9 Å². The molecule has 0 bridgehead atoms. The summed E-state index contributed by atoms with van der Waals surface area (Å²) in [6, 6.07) is 1.42. The minimum atomic E-state index is -3.62. The molecule has 1 aliphatic heterocycles. The van der Waals surface area contributed by atoms with E-state index in [1.54, 1.807) is 37.6 Å². The third kappa shape index (κ3) is 4.44. The lowest BCUT2D eigenvalue weighted by Crippen LogP contribution is -2.51. The number of ether oxygens (including phenoxy) is 1. The average Bonchev–Trinajstić information content (AvgIpc) is 3.05. The van der Waals surface area contributed by atoms with Crippen molar-refractivity contribution in [3.63, 3.8) is 0 Å². The van der Waals surface area contributed by atoms with E-state index in [2.05, 4.69) is 0 Å². The van der Waals surface area contributed by atoms with Gasteiger partial charge in [0.15, 0.2) is 0 Å². The van der Waals surface area contributed by atoms with Gasteiger partial charge in [-0.25, -0.2) is 13.2 Å². The normalized spacial score (nSPS) is 15.3. The summed E-state index contributed by atoms with van der Waals surface area (Å²) in [7, 11) is -1.97. The first kappa shape index (κ1) is 21.2. The fourth-order valence-corrected chi connectivity index (χ4v) is 4.60. The van der Waals surface area contributed by atoms with Crippen molar-refractivity contribution in [2.24, 2.45) is 7.05 Å². The van der Waals surface area contributed by atoms with Crippen LogP contribution in [0, 0.1) is 0 Å². The lowest BCUT2D eigenvalue weighted by atomic mass is 10.3. The molecule has 0 saturated carbocycles. The Morgan fingerprint density at radius 1 is 1.07 bits per heavy atom. The Morgan fingerprint density at radius 3 is 2.15 bits per heavy atom. The van der Waals surface area contributed by atoms with Gasteiger partial charge in [0.1, 0.15) is 10.6 Å². The predicted octanol–water partition coefficient (Wildman–Crippen LogP) is 0.970. The minimum absolute atomic E-state index is 0.113. The van der Waals surface area contributed by atoms with E-state index < -0.39 is 10.0 Å². The molecule has 1 fully saturated rings. The van der Waals surface area contributed by atoms with E-state index in [1.165, 1.54) is 21.1 Å². The number of nitrogens with zero attached hydrogens (tertiary/aromatic N) is 4. The molecule has 0 radical (unpaired) electrons. The first-order valence-corrected chi connectivity index (χ1v) is 10.6. The van der Waals surface area contributed by atoms with Gasteiger partial charge < -0.3 is 19.1 Å². The molecular formula is C17H28N4O5S. The smallest absolute Gasteiger partial charge is 0.409 e. The van der Waals surface area contributed by atoms with Crippen LogP contribution >= 0.6 is 0 Å². The molecule has 2 amide bonds. The highest BCUT2D eigenvalue weighted by Crippen LogP contribution is 2.20. The Kier molecular flexibility index (Phi) is 6.88. The third-order valence-corrected chi connectivity index (χ3v) is 6.65. The molecule has 0 N–H and O–H groups in total. The lowest BCUT2D eigenvalue weighted by Gasteiger charge is -2.34. The fourth-order valence-electron chi connectivity index (χ4n) is 3.07. The highest BCUT2D eigenvalue weighted by atomic mass is 32.2. The summed E-state index contributed by atoms with van der Waals surface area (Å²) in [5.41, 5.74) is 0.310. The second-order valence-electron chi connectivity index (χ2n) is 6.24. The quantitative estimate of drug-likeness (QED) is 0.709. The number of hydrogen-bond acceptors (Lipinski definition) is 5. The van der Waals surface area contributed by atoms with E-state index in [0.29, 0.717) is 51.6 Å². The number of sulfonamides is 1. The summed E-state index contributed by atoms with van der Waals surface area (Å²) >= 11 is 0. The zero-order valence-electron chi connectivity index (χ0n) is 16.3. The average molecular weight is 401 g/mol. The third-order valence-electron chi connectivity index (χ3n) is 4.64. The van der Waals surface area contributed by atoms with Crippen LogP contribution in [0.25, 0.3) is 0 Å². The fraction of sp³-hybridized carbons (Fsp3) is 0.647. The minimum Gasteiger partial charge on any atom is -0.450 e. The molecule has 0 aromatic carbocycles. The molecule has 0 spiro atoms. The molecule has 0 aliphatic carbocycles. The Morgan fingerprint density at radius 2 is 1.63 bits per heavy atom. The molecule has 1 aromatic rings. The number of hydrogen-bond donors (Lipinski definition) is 0. The van der Waals surface area contributed by atoms with Crippen molar-refractivity contribution in [1.29, 1.82) is 0 Å². The van der Waals surface area contributed by atoms with Crippen molar-refractivity contribution in [1.82, 2.24) is 18.7 Å². The van der Waals surface area contributed by atoms with Crippen LogP contribution in [0.2, 0.25) is 0 Å². The van der Waals surface area contributed by atoms with Crippen molar-refractivity contribution < 1.29 is 22.7 Å². The molecule has 1 aliphatic rings. The second kappa shape index (κ2) is 8.75. The van der Waals surface area contributed by atoms with E-state index in [4.69, 9.17) is 4.74 Å². The summed E-state index contributed by atoms with van der Waals surface area (Å²) < 4.78 is 33.2. The van der Waals surface area contributed by atoms with Crippen LogP contribution in [0.3, 0.4) is 0 Å². The molecule has 9 nitrogen and oxygen atoms in total. The van der Waals surface area contributed by atoms with E-state index in [-0.39, 0.29) is 16.9 Å². The van der Waals surface area contributed by atoms with Gasteiger partial charge in [-0.2, -0.15) is 4.31 Å². The van der Waals surface area contributed by atoms with Crippen LogP contribution in [-0.4, -0.2) is 85.0 Å². The summed E-state index contributed by atoms with van der Waals surface area (Å²) in [6.07, 6.45) is 1.09. The number of carbonyl (C=O) groups excluding carboxylic acids is 2.